The van der Waals surface area contributed by atoms with E-state index >= 15 is 0 Å². The van der Waals surface area contributed by atoms with E-state index in [1.54, 1.807) is 0 Å². The highest BCUT2D eigenvalue weighted by atomic mass is 35.7. The predicted octanol–water partition coefficient (Wildman–Crippen LogP) is 3.96. The van der Waals surface area contributed by atoms with Gasteiger partial charge in [0.2, 0.25) is 0 Å². The van der Waals surface area contributed by atoms with Gasteiger partial charge in [-0.15, -0.1) is 0 Å². The monoisotopic (exact) mass is 326 g/mol. The van der Waals surface area contributed by atoms with Crippen molar-refractivity contribution in [2.45, 2.75) is 24.2 Å². The van der Waals surface area contributed by atoms with Crippen molar-refractivity contribution in [3.63, 3.8) is 0 Å². The molecule has 19 heavy (non-hydrogen) atoms. The van der Waals surface area contributed by atoms with Crippen LogP contribution in [0.15, 0.2) is 17.0 Å². The van der Waals surface area contributed by atoms with Crippen molar-refractivity contribution < 1.29 is 34.8 Å². The quantitative estimate of drug-likeness (QED) is 0.578. The van der Waals surface area contributed by atoms with Gasteiger partial charge in [-0.3, -0.25) is 0 Å². The Labute approximate surface area is 108 Å². The highest BCUT2D eigenvalue weighted by Gasteiger charge is 2.41. The van der Waals surface area contributed by atoms with Crippen molar-refractivity contribution in [1.82, 2.24) is 0 Å². The molecular weight excluding hydrogens is 322 g/mol. The summed E-state index contributed by atoms with van der Waals surface area (Å²) in [6.07, 6.45) is -10.1. The normalized spacial score (nSPS) is 13.7. The van der Waals surface area contributed by atoms with Crippen LogP contribution in [0.4, 0.5) is 26.3 Å². The molecule has 0 radical (unpaired) electrons. The van der Waals surface area contributed by atoms with Gasteiger partial charge in [-0.25, -0.2) is 8.42 Å². The number of halogens is 7. The average molecular weight is 327 g/mol. The van der Waals surface area contributed by atoms with Gasteiger partial charge in [0.15, 0.2) is 0 Å². The molecule has 1 aromatic carbocycles. The molecule has 0 aliphatic carbocycles. The topological polar surface area (TPSA) is 34.1 Å². The third kappa shape index (κ3) is 3.53. The van der Waals surface area contributed by atoms with Crippen LogP contribution in [-0.4, -0.2) is 8.42 Å². The number of aryl methyl sites for hydroxylation is 1. The van der Waals surface area contributed by atoms with Crippen LogP contribution in [0.5, 0.6) is 0 Å². The molecule has 0 N–H and O–H groups in total. The van der Waals surface area contributed by atoms with E-state index in [1.165, 1.54) is 0 Å². The minimum atomic E-state index is -5.13. The molecule has 0 heterocycles. The molecule has 0 aliphatic heterocycles. The summed E-state index contributed by atoms with van der Waals surface area (Å²) in [5, 5.41) is 0. The van der Waals surface area contributed by atoms with E-state index in [9.17, 15) is 34.8 Å². The lowest BCUT2D eigenvalue weighted by Gasteiger charge is -2.16. The summed E-state index contributed by atoms with van der Waals surface area (Å²) in [6, 6.07) is 0.0898. The maximum atomic E-state index is 12.7. The molecule has 0 spiro atoms. The Morgan fingerprint density at radius 1 is 1.00 bits per heavy atom. The maximum absolute atomic E-state index is 12.7. The third-order valence-electron chi connectivity index (χ3n) is 2.17. The van der Waals surface area contributed by atoms with Crippen LogP contribution in [0.1, 0.15) is 16.7 Å². The number of rotatable bonds is 1. The lowest BCUT2D eigenvalue weighted by molar-refractivity contribution is -0.143. The average Bonchev–Trinajstić information content (AvgIpc) is 2.11. The molecule has 0 saturated heterocycles. The van der Waals surface area contributed by atoms with Gasteiger partial charge in [-0.05, 0) is 24.6 Å². The number of benzene rings is 1. The highest BCUT2D eigenvalue weighted by molar-refractivity contribution is 8.13. The van der Waals surface area contributed by atoms with Crippen LogP contribution >= 0.6 is 10.7 Å². The van der Waals surface area contributed by atoms with Crippen molar-refractivity contribution in [3.8, 4) is 0 Å². The van der Waals surface area contributed by atoms with Crippen molar-refractivity contribution in [1.29, 1.82) is 0 Å². The van der Waals surface area contributed by atoms with E-state index in [0.717, 1.165) is 6.92 Å². The van der Waals surface area contributed by atoms with Crippen LogP contribution in [0.3, 0.4) is 0 Å². The molecular formula is C9H5ClF6O2S. The zero-order valence-corrected chi connectivity index (χ0v) is 10.6. The molecule has 0 atom stereocenters. The van der Waals surface area contributed by atoms with Crippen molar-refractivity contribution in [3.05, 3.63) is 28.8 Å². The van der Waals surface area contributed by atoms with E-state index in [4.69, 9.17) is 10.7 Å². The Hall–Kier alpha value is -0.960. The van der Waals surface area contributed by atoms with Gasteiger partial charge in [-0.2, -0.15) is 26.3 Å². The molecule has 2 nitrogen and oxygen atoms in total. The van der Waals surface area contributed by atoms with E-state index in [-0.39, 0.29) is 12.1 Å². The van der Waals surface area contributed by atoms with Crippen LogP contribution in [-0.2, 0) is 21.4 Å². The number of hydrogen-bond acceptors (Lipinski definition) is 2. The lowest BCUT2D eigenvalue weighted by atomic mass is 10.0. The maximum Gasteiger partial charge on any atom is 0.417 e. The van der Waals surface area contributed by atoms with Crippen molar-refractivity contribution in [2.75, 3.05) is 0 Å². The second-order valence-electron chi connectivity index (χ2n) is 3.60. The zero-order chi connectivity index (χ0) is 15.2. The first-order valence-electron chi connectivity index (χ1n) is 4.48. The SMILES string of the molecule is Cc1cc(C(F)(F)F)cc(S(=O)(=O)Cl)c1C(F)(F)F. The van der Waals surface area contributed by atoms with Crippen LogP contribution in [0.25, 0.3) is 0 Å². The Kier molecular flexibility index (Phi) is 3.85. The Bertz CT molecular complexity index is 602. The van der Waals surface area contributed by atoms with Gasteiger partial charge in [0, 0.05) is 10.7 Å². The fraction of sp³-hybridized carbons (Fsp3) is 0.333. The summed E-state index contributed by atoms with van der Waals surface area (Å²) in [6.45, 7) is 0.726. The van der Waals surface area contributed by atoms with E-state index < -0.39 is 43.0 Å². The van der Waals surface area contributed by atoms with Gasteiger partial charge in [0.25, 0.3) is 9.05 Å². The van der Waals surface area contributed by atoms with Crippen molar-refractivity contribution in [2.24, 2.45) is 0 Å². The Morgan fingerprint density at radius 2 is 1.47 bits per heavy atom. The van der Waals surface area contributed by atoms with Crippen molar-refractivity contribution >= 4 is 19.7 Å². The smallest absolute Gasteiger partial charge is 0.207 e. The minimum Gasteiger partial charge on any atom is -0.207 e. The fourth-order valence-corrected chi connectivity index (χ4v) is 2.63. The summed E-state index contributed by atoms with van der Waals surface area (Å²) in [5.74, 6) is 0. The molecule has 1 rings (SSSR count). The predicted molar refractivity (Wildman–Crippen MR) is 54.2 cm³/mol. The largest absolute Gasteiger partial charge is 0.417 e. The van der Waals surface area contributed by atoms with Gasteiger partial charge in [-0.1, -0.05) is 0 Å². The Morgan fingerprint density at radius 3 is 1.79 bits per heavy atom. The summed E-state index contributed by atoms with van der Waals surface area (Å²) in [5.41, 5.74) is -4.09. The molecule has 0 bridgehead atoms. The zero-order valence-electron chi connectivity index (χ0n) is 9.03. The van der Waals surface area contributed by atoms with Crippen LogP contribution < -0.4 is 0 Å². The molecule has 0 aliphatic rings. The first kappa shape index (κ1) is 16.1. The first-order chi connectivity index (χ1) is 8.24. The van der Waals surface area contributed by atoms with Gasteiger partial charge < -0.3 is 0 Å². The third-order valence-corrected chi connectivity index (χ3v) is 3.52. The van der Waals surface area contributed by atoms with Gasteiger partial charge in [0.1, 0.15) is 0 Å². The van der Waals surface area contributed by atoms with Crippen LogP contribution in [0.2, 0.25) is 0 Å². The first-order valence-corrected chi connectivity index (χ1v) is 6.79. The fourth-order valence-electron chi connectivity index (χ4n) is 1.47. The molecule has 0 aromatic heterocycles. The molecule has 0 fully saturated rings. The minimum absolute atomic E-state index is 0.127. The van der Waals surface area contributed by atoms with Gasteiger partial charge in [0.05, 0.1) is 16.0 Å². The second kappa shape index (κ2) is 4.55. The van der Waals surface area contributed by atoms with Crippen LogP contribution in [0, 0.1) is 6.92 Å². The highest BCUT2D eigenvalue weighted by Crippen LogP contribution is 2.41. The summed E-state index contributed by atoms with van der Waals surface area (Å²) in [4.78, 5) is -1.60. The molecule has 1 aromatic rings. The molecule has 0 unspecified atom stereocenters. The standard InChI is InChI=1S/C9H5ClF6O2S/c1-4-2-5(8(11,12)13)3-6(19(10,17)18)7(4)9(14,15)16/h2-3H,1H3. The number of alkyl halides is 6. The van der Waals surface area contributed by atoms with E-state index in [0.29, 0.717) is 0 Å². The Balaban J connectivity index is 3.79. The second-order valence-corrected chi connectivity index (χ2v) is 6.13. The molecule has 108 valence electrons. The molecule has 0 amide bonds. The summed E-state index contributed by atoms with van der Waals surface area (Å²) >= 11 is 0. The summed E-state index contributed by atoms with van der Waals surface area (Å²) < 4.78 is 97.4. The summed E-state index contributed by atoms with van der Waals surface area (Å²) in [7, 11) is -0.201. The van der Waals surface area contributed by atoms with E-state index in [2.05, 4.69) is 0 Å². The lowest BCUT2D eigenvalue weighted by Crippen LogP contribution is -2.16. The molecule has 0 saturated carbocycles. The molecule has 10 heteroatoms. The van der Waals surface area contributed by atoms with E-state index in [1.807, 2.05) is 0 Å². The van der Waals surface area contributed by atoms with Gasteiger partial charge >= 0.3 is 12.4 Å². The number of hydrogen-bond donors (Lipinski definition) is 0.